The molecule has 1 aromatic heterocycles. The molecule has 0 spiro atoms. The zero-order valence-electron chi connectivity index (χ0n) is 17.7. The van der Waals surface area contributed by atoms with Crippen LogP contribution in [-0.2, 0) is 4.79 Å². The van der Waals surface area contributed by atoms with E-state index in [1.807, 2.05) is 27.7 Å². The Hall–Kier alpha value is -2.33. The minimum absolute atomic E-state index is 0.119. The maximum absolute atomic E-state index is 13.7. The SMILES string of the molecule is CC1(C)CC(N=CC2C(=O)N(c3nc4ccccc4s3)N=C2C(F)(F)F)CC(C)(C)N1. The molecule has 0 radical (unpaired) electrons. The van der Waals surface area contributed by atoms with E-state index in [9.17, 15) is 18.0 Å². The zero-order chi connectivity index (χ0) is 22.6. The number of alkyl halides is 3. The van der Waals surface area contributed by atoms with E-state index in [2.05, 4.69) is 20.4 Å². The molecule has 1 atom stereocenters. The number of para-hydroxylation sites is 1. The Morgan fingerprint density at radius 2 is 1.84 bits per heavy atom. The first-order chi connectivity index (χ1) is 14.3. The number of carbonyl (C=O) groups is 1. The summed E-state index contributed by atoms with van der Waals surface area (Å²) in [6.45, 7) is 8.15. The first-order valence-electron chi connectivity index (χ1n) is 10.0. The van der Waals surface area contributed by atoms with E-state index in [-0.39, 0.29) is 22.3 Å². The van der Waals surface area contributed by atoms with Crippen LogP contribution in [0.1, 0.15) is 40.5 Å². The smallest absolute Gasteiger partial charge is 0.307 e. The molecule has 2 aliphatic rings. The van der Waals surface area contributed by atoms with Crippen LogP contribution in [0, 0.1) is 5.92 Å². The highest BCUT2D eigenvalue weighted by atomic mass is 32.1. The van der Waals surface area contributed by atoms with Crippen molar-refractivity contribution < 1.29 is 18.0 Å². The number of carbonyl (C=O) groups excluding carboxylic acids is 1. The minimum atomic E-state index is -4.75. The Bertz CT molecular complexity index is 1020. The largest absolute Gasteiger partial charge is 0.432 e. The average Bonchev–Trinajstić information content (AvgIpc) is 3.17. The van der Waals surface area contributed by atoms with Crippen molar-refractivity contribution in [2.45, 2.75) is 63.8 Å². The molecular formula is C21H24F3N5OS. The van der Waals surface area contributed by atoms with E-state index >= 15 is 0 Å². The van der Waals surface area contributed by atoms with Crippen LogP contribution < -0.4 is 10.3 Å². The lowest BCUT2D eigenvalue weighted by atomic mass is 9.80. The number of benzene rings is 1. The number of hydrogen-bond acceptors (Lipinski definition) is 6. The second-order valence-electron chi connectivity index (χ2n) is 9.33. The highest BCUT2D eigenvalue weighted by Gasteiger charge is 2.50. The molecule has 0 saturated carbocycles. The molecule has 6 nitrogen and oxygen atoms in total. The maximum Gasteiger partial charge on any atom is 0.432 e. The summed E-state index contributed by atoms with van der Waals surface area (Å²) in [5.41, 5.74) is -0.974. The minimum Gasteiger partial charge on any atom is -0.307 e. The number of anilines is 1. The lowest BCUT2D eigenvalue weighted by Gasteiger charge is -2.45. The number of amides is 1. The Morgan fingerprint density at radius 3 is 2.45 bits per heavy atom. The van der Waals surface area contributed by atoms with Crippen molar-refractivity contribution in [2.75, 3.05) is 5.01 Å². The van der Waals surface area contributed by atoms with E-state index < -0.39 is 23.7 Å². The second-order valence-corrected chi connectivity index (χ2v) is 10.3. The molecule has 31 heavy (non-hydrogen) atoms. The third-order valence-electron chi connectivity index (χ3n) is 5.35. The van der Waals surface area contributed by atoms with Crippen LogP contribution in [0.3, 0.4) is 0 Å². The summed E-state index contributed by atoms with van der Waals surface area (Å²) in [7, 11) is 0. The number of halogens is 3. The monoisotopic (exact) mass is 451 g/mol. The molecule has 0 bridgehead atoms. The summed E-state index contributed by atoms with van der Waals surface area (Å²) >= 11 is 1.13. The van der Waals surface area contributed by atoms with Crippen LogP contribution in [-0.4, -0.2) is 46.1 Å². The van der Waals surface area contributed by atoms with Crippen molar-refractivity contribution in [3.05, 3.63) is 24.3 Å². The first kappa shape index (κ1) is 21.9. The van der Waals surface area contributed by atoms with Crippen LogP contribution in [0.15, 0.2) is 34.4 Å². The fourth-order valence-electron chi connectivity index (χ4n) is 4.50. The van der Waals surface area contributed by atoms with Gasteiger partial charge in [0.05, 0.1) is 16.3 Å². The molecule has 1 unspecified atom stereocenters. The number of aliphatic imine (C=N–C) groups is 1. The van der Waals surface area contributed by atoms with E-state index in [1.54, 1.807) is 24.3 Å². The molecule has 1 saturated heterocycles. The fraction of sp³-hybridized carbons (Fsp3) is 0.524. The topological polar surface area (TPSA) is 70.0 Å². The van der Waals surface area contributed by atoms with Gasteiger partial charge >= 0.3 is 6.18 Å². The molecule has 2 aromatic rings. The highest BCUT2D eigenvalue weighted by Crippen LogP contribution is 2.36. The van der Waals surface area contributed by atoms with E-state index in [4.69, 9.17) is 0 Å². The van der Waals surface area contributed by atoms with Crippen molar-refractivity contribution in [3.8, 4) is 0 Å². The van der Waals surface area contributed by atoms with Crippen LogP contribution in [0.2, 0.25) is 0 Å². The lowest BCUT2D eigenvalue weighted by Crippen LogP contribution is -2.58. The van der Waals surface area contributed by atoms with Gasteiger partial charge in [0.1, 0.15) is 5.92 Å². The number of rotatable bonds is 3. The average molecular weight is 452 g/mol. The fourth-order valence-corrected chi connectivity index (χ4v) is 5.43. The summed E-state index contributed by atoms with van der Waals surface area (Å²) < 4.78 is 41.8. The Balaban J connectivity index is 1.63. The van der Waals surface area contributed by atoms with Crippen LogP contribution in [0.4, 0.5) is 18.3 Å². The van der Waals surface area contributed by atoms with Gasteiger partial charge in [0, 0.05) is 17.3 Å². The van der Waals surface area contributed by atoms with E-state index in [1.165, 1.54) is 0 Å². The molecule has 1 fully saturated rings. The van der Waals surface area contributed by atoms with E-state index in [0.29, 0.717) is 18.4 Å². The van der Waals surface area contributed by atoms with Gasteiger partial charge in [0.2, 0.25) is 5.13 Å². The molecular weight excluding hydrogens is 427 g/mol. The molecule has 166 valence electrons. The van der Waals surface area contributed by atoms with Crippen LogP contribution in [0.5, 0.6) is 0 Å². The summed E-state index contributed by atoms with van der Waals surface area (Å²) in [5, 5.41) is 8.02. The van der Waals surface area contributed by atoms with E-state index in [0.717, 1.165) is 27.3 Å². The number of hydrogen-bond donors (Lipinski definition) is 1. The van der Waals surface area contributed by atoms with Gasteiger partial charge in [0.25, 0.3) is 5.91 Å². The zero-order valence-corrected chi connectivity index (χ0v) is 18.5. The van der Waals surface area contributed by atoms with Crippen molar-refractivity contribution in [1.82, 2.24) is 10.3 Å². The first-order valence-corrected chi connectivity index (χ1v) is 10.8. The number of nitrogens with one attached hydrogen (secondary N) is 1. The molecule has 1 amide bonds. The van der Waals surface area contributed by atoms with Crippen molar-refractivity contribution >= 4 is 44.5 Å². The number of hydrazone groups is 1. The molecule has 4 rings (SSSR count). The molecule has 1 N–H and O–H groups in total. The number of fused-ring (bicyclic) bond motifs is 1. The molecule has 1 aromatic carbocycles. The predicted octanol–water partition coefficient (Wildman–Crippen LogP) is 4.56. The number of nitrogens with zero attached hydrogens (tertiary/aromatic N) is 4. The third kappa shape index (κ3) is 4.50. The van der Waals surface area contributed by atoms with Gasteiger partial charge in [-0.2, -0.15) is 23.3 Å². The second kappa shape index (κ2) is 7.37. The summed E-state index contributed by atoms with van der Waals surface area (Å²) in [6.07, 6.45) is -2.30. The van der Waals surface area contributed by atoms with Crippen LogP contribution >= 0.6 is 11.3 Å². The van der Waals surface area contributed by atoms with Gasteiger partial charge in [-0.05, 0) is 52.7 Å². The van der Waals surface area contributed by atoms with Gasteiger partial charge in [-0.25, -0.2) is 4.98 Å². The van der Waals surface area contributed by atoms with Gasteiger partial charge in [0.15, 0.2) is 5.71 Å². The predicted molar refractivity (Wildman–Crippen MR) is 117 cm³/mol. The maximum atomic E-state index is 13.7. The summed E-state index contributed by atoms with van der Waals surface area (Å²) in [6, 6.07) is 6.93. The normalized spacial score (nSPS) is 24.4. The molecule has 10 heteroatoms. The quantitative estimate of drug-likeness (QED) is 0.696. The lowest BCUT2D eigenvalue weighted by molar-refractivity contribution is -0.119. The molecule has 3 heterocycles. The van der Waals surface area contributed by atoms with Crippen molar-refractivity contribution in [2.24, 2.45) is 16.0 Å². The third-order valence-corrected chi connectivity index (χ3v) is 6.36. The molecule has 0 aliphatic carbocycles. The number of thiazole rings is 1. The standard InChI is InChI=1S/C21H24F3N5OS/c1-19(2)9-12(10-20(3,4)28-19)25-11-13-16(21(22,23)24)27-29(17(13)30)18-26-14-7-5-6-8-15(14)31-18/h5-8,11-13,28H,9-10H2,1-4H3. The van der Waals surface area contributed by atoms with Gasteiger partial charge < -0.3 is 5.32 Å². The molecule has 2 aliphatic heterocycles. The highest BCUT2D eigenvalue weighted by molar-refractivity contribution is 7.22. The number of piperidine rings is 1. The Kier molecular flexibility index (Phi) is 5.20. The van der Waals surface area contributed by atoms with Crippen molar-refractivity contribution in [1.29, 1.82) is 0 Å². The summed E-state index contributed by atoms with van der Waals surface area (Å²) in [5.74, 6) is -2.37. The van der Waals surface area contributed by atoms with Gasteiger partial charge in [-0.1, -0.05) is 23.5 Å². The Morgan fingerprint density at radius 1 is 1.19 bits per heavy atom. The van der Waals surface area contributed by atoms with Crippen molar-refractivity contribution in [3.63, 3.8) is 0 Å². The summed E-state index contributed by atoms with van der Waals surface area (Å²) in [4.78, 5) is 21.7. The van der Waals surface area contributed by atoms with Crippen LogP contribution in [0.25, 0.3) is 10.2 Å². The van der Waals surface area contributed by atoms with Gasteiger partial charge in [-0.3, -0.25) is 9.79 Å². The van der Waals surface area contributed by atoms with Gasteiger partial charge in [-0.15, -0.1) is 0 Å². The number of aromatic nitrogens is 1. The Labute approximate surface area is 182 Å².